The number of nitrogens with one attached hydrogen (secondary N) is 1. The van der Waals surface area contributed by atoms with E-state index in [1.807, 2.05) is 0 Å². The van der Waals surface area contributed by atoms with Gasteiger partial charge in [0.05, 0.1) is 5.56 Å². The number of nitrogens with zero attached hydrogens (tertiary/aromatic N) is 1. The fourth-order valence-corrected chi connectivity index (χ4v) is 1.27. The van der Waals surface area contributed by atoms with Crippen LogP contribution in [0.25, 0.3) is 0 Å². The molecule has 0 aromatic carbocycles. The van der Waals surface area contributed by atoms with Crippen molar-refractivity contribution in [2.24, 2.45) is 0 Å². The van der Waals surface area contributed by atoms with Crippen molar-refractivity contribution in [2.75, 3.05) is 10.5 Å². The summed E-state index contributed by atoms with van der Waals surface area (Å²) in [6.45, 7) is 1.77. The van der Waals surface area contributed by atoms with Crippen molar-refractivity contribution in [3.05, 3.63) is 23.9 Å². The van der Waals surface area contributed by atoms with E-state index in [2.05, 4.69) is 9.71 Å². The van der Waals surface area contributed by atoms with Gasteiger partial charge in [-0.3, -0.25) is 4.72 Å². The second kappa shape index (κ2) is 4.71. The summed E-state index contributed by atoms with van der Waals surface area (Å²) in [7, 11) is -1.16. The van der Waals surface area contributed by atoms with E-state index < -0.39 is 17.0 Å². The highest BCUT2D eigenvalue weighted by molar-refractivity contribution is 7.86. The van der Waals surface area contributed by atoms with Crippen molar-refractivity contribution >= 4 is 22.8 Å². The number of carboxylic acid groups (broad SMARTS) is 1. The summed E-state index contributed by atoms with van der Waals surface area (Å²) in [6, 6.07) is 2.89. The number of aromatic carboxylic acids is 1. The Hall–Kier alpha value is -1.43. The van der Waals surface area contributed by atoms with Gasteiger partial charge in [-0.2, -0.15) is 0 Å². The summed E-state index contributed by atoms with van der Waals surface area (Å²) in [4.78, 5) is 14.3. The molecule has 0 aliphatic heterocycles. The lowest BCUT2D eigenvalue weighted by atomic mass is 10.3. The molecule has 0 saturated heterocycles. The van der Waals surface area contributed by atoms with Crippen molar-refractivity contribution in [3.63, 3.8) is 0 Å². The molecular formula is C8H10N2O3S. The monoisotopic (exact) mass is 214 g/mol. The molecule has 0 aliphatic rings. The maximum absolute atomic E-state index is 11.0. The summed E-state index contributed by atoms with van der Waals surface area (Å²) in [6.07, 6.45) is 1.22. The van der Waals surface area contributed by atoms with Gasteiger partial charge in [-0.15, -0.1) is 0 Å². The van der Waals surface area contributed by atoms with Gasteiger partial charge >= 0.3 is 5.97 Å². The van der Waals surface area contributed by atoms with Crippen molar-refractivity contribution in [3.8, 4) is 0 Å². The van der Waals surface area contributed by atoms with Gasteiger partial charge < -0.3 is 5.11 Å². The number of carboxylic acids is 1. The van der Waals surface area contributed by atoms with Crippen molar-refractivity contribution in [1.82, 2.24) is 4.98 Å². The van der Waals surface area contributed by atoms with Crippen LogP contribution in [0.4, 0.5) is 5.82 Å². The quantitative estimate of drug-likeness (QED) is 0.779. The van der Waals surface area contributed by atoms with Crippen molar-refractivity contribution in [1.29, 1.82) is 0 Å². The third kappa shape index (κ3) is 2.81. The number of hydrogen-bond acceptors (Lipinski definition) is 3. The Kier molecular flexibility index (Phi) is 3.58. The van der Waals surface area contributed by atoms with Gasteiger partial charge in [0.15, 0.2) is 0 Å². The van der Waals surface area contributed by atoms with Gasteiger partial charge in [0, 0.05) is 11.9 Å². The lowest BCUT2D eigenvalue weighted by Crippen LogP contribution is -2.08. The first-order chi connectivity index (χ1) is 6.63. The van der Waals surface area contributed by atoms with E-state index in [0.29, 0.717) is 11.6 Å². The van der Waals surface area contributed by atoms with E-state index in [4.69, 9.17) is 5.11 Å². The Labute approximate surface area is 83.8 Å². The molecule has 1 unspecified atom stereocenters. The summed E-state index contributed by atoms with van der Waals surface area (Å²) in [5.74, 6) is -0.140. The molecule has 0 aliphatic carbocycles. The molecule has 1 aromatic heterocycles. The van der Waals surface area contributed by atoms with Crippen LogP contribution in [0, 0.1) is 0 Å². The average Bonchev–Trinajstić information content (AvgIpc) is 2.18. The second-order valence-corrected chi connectivity index (χ2v) is 3.95. The topological polar surface area (TPSA) is 79.3 Å². The normalized spacial score (nSPS) is 12.1. The zero-order chi connectivity index (χ0) is 10.6. The molecule has 0 radical (unpaired) electrons. The van der Waals surface area contributed by atoms with E-state index >= 15 is 0 Å². The fourth-order valence-electron chi connectivity index (χ4n) is 0.770. The summed E-state index contributed by atoms with van der Waals surface area (Å²) < 4.78 is 13.7. The molecular weight excluding hydrogens is 204 g/mol. The van der Waals surface area contributed by atoms with Crippen LogP contribution in [-0.2, 0) is 11.0 Å². The molecule has 14 heavy (non-hydrogen) atoms. The maximum Gasteiger partial charge on any atom is 0.337 e. The Morgan fingerprint density at radius 3 is 2.79 bits per heavy atom. The standard InChI is InChI=1S/C8H10N2O3S/c1-2-14(13)10-7-4-3-6(5-9-7)8(11)12/h3-5H,2H2,1H3,(H,9,10)(H,11,12). The SMILES string of the molecule is CCS(=O)Nc1ccc(C(=O)O)cn1. The van der Waals surface area contributed by atoms with Crippen molar-refractivity contribution in [2.45, 2.75) is 6.92 Å². The van der Waals surface area contributed by atoms with Crippen LogP contribution in [-0.4, -0.2) is 26.0 Å². The van der Waals surface area contributed by atoms with Crippen LogP contribution in [0.3, 0.4) is 0 Å². The van der Waals surface area contributed by atoms with Gasteiger partial charge in [-0.1, -0.05) is 6.92 Å². The minimum atomic E-state index is -1.16. The molecule has 0 bridgehead atoms. The van der Waals surface area contributed by atoms with Crippen LogP contribution in [0.15, 0.2) is 18.3 Å². The van der Waals surface area contributed by atoms with Gasteiger partial charge in [0.1, 0.15) is 16.8 Å². The minimum absolute atomic E-state index is 0.109. The lowest BCUT2D eigenvalue weighted by molar-refractivity contribution is 0.0696. The highest BCUT2D eigenvalue weighted by atomic mass is 32.2. The van der Waals surface area contributed by atoms with Crippen molar-refractivity contribution < 1.29 is 14.1 Å². The zero-order valence-electron chi connectivity index (χ0n) is 7.56. The molecule has 0 spiro atoms. The van der Waals surface area contributed by atoms with Crippen LogP contribution < -0.4 is 4.72 Å². The smallest absolute Gasteiger partial charge is 0.337 e. The number of rotatable bonds is 4. The number of carbonyl (C=O) groups is 1. The average molecular weight is 214 g/mol. The highest BCUT2D eigenvalue weighted by Crippen LogP contribution is 2.05. The number of pyridine rings is 1. The first-order valence-corrected chi connectivity index (χ1v) is 5.29. The fraction of sp³-hybridized carbons (Fsp3) is 0.250. The molecule has 1 atom stereocenters. The van der Waals surface area contributed by atoms with Gasteiger partial charge in [0.25, 0.3) is 0 Å². The number of hydrogen-bond donors (Lipinski definition) is 2. The molecule has 1 aromatic rings. The maximum atomic E-state index is 11.0. The highest BCUT2D eigenvalue weighted by Gasteiger charge is 2.03. The second-order valence-electron chi connectivity index (χ2n) is 2.47. The summed E-state index contributed by atoms with van der Waals surface area (Å²) >= 11 is 0. The van der Waals surface area contributed by atoms with Crippen LogP contribution in [0.5, 0.6) is 0 Å². The minimum Gasteiger partial charge on any atom is -0.478 e. The Balaban J connectivity index is 2.73. The molecule has 1 heterocycles. The van der Waals surface area contributed by atoms with E-state index in [9.17, 15) is 9.00 Å². The zero-order valence-corrected chi connectivity index (χ0v) is 8.37. The van der Waals surface area contributed by atoms with E-state index in [-0.39, 0.29) is 5.56 Å². The third-order valence-electron chi connectivity index (χ3n) is 1.49. The molecule has 0 saturated carbocycles. The molecule has 0 amide bonds. The Morgan fingerprint density at radius 2 is 2.36 bits per heavy atom. The Bertz CT molecular complexity index is 350. The van der Waals surface area contributed by atoms with E-state index in [0.717, 1.165) is 0 Å². The van der Waals surface area contributed by atoms with Gasteiger partial charge in [0.2, 0.25) is 0 Å². The molecule has 6 heteroatoms. The largest absolute Gasteiger partial charge is 0.478 e. The summed E-state index contributed by atoms with van der Waals surface area (Å²) in [5.41, 5.74) is 0.109. The predicted octanol–water partition coefficient (Wildman–Crippen LogP) is 0.875. The van der Waals surface area contributed by atoms with Crippen LogP contribution in [0.1, 0.15) is 17.3 Å². The molecule has 5 nitrogen and oxygen atoms in total. The lowest BCUT2D eigenvalue weighted by Gasteiger charge is -2.02. The van der Waals surface area contributed by atoms with E-state index in [1.165, 1.54) is 18.3 Å². The molecule has 76 valence electrons. The first-order valence-electron chi connectivity index (χ1n) is 3.98. The van der Waals surface area contributed by atoms with Gasteiger partial charge in [-0.25, -0.2) is 14.0 Å². The number of aromatic nitrogens is 1. The van der Waals surface area contributed by atoms with Crippen LogP contribution >= 0.6 is 0 Å². The number of anilines is 1. The Morgan fingerprint density at radius 1 is 1.64 bits per heavy atom. The molecule has 2 N–H and O–H groups in total. The summed E-state index contributed by atoms with van der Waals surface area (Å²) in [5, 5.41) is 8.58. The van der Waals surface area contributed by atoms with Gasteiger partial charge in [-0.05, 0) is 12.1 Å². The molecule has 1 rings (SSSR count). The first kappa shape index (κ1) is 10.6. The van der Waals surface area contributed by atoms with Crippen LogP contribution in [0.2, 0.25) is 0 Å². The predicted molar refractivity (Wildman–Crippen MR) is 53.5 cm³/mol. The third-order valence-corrected chi connectivity index (χ3v) is 2.45. The van der Waals surface area contributed by atoms with E-state index in [1.54, 1.807) is 6.92 Å². The molecule has 0 fully saturated rings.